The molecule has 0 amide bonds. The molecular formula is C21H26N4O. The Morgan fingerprint density at radius 2 is 1.96 bits per heavy atom. The summed E-state index contributed by atoms with van der Waals surface area (Å²) in [5.41, 5.74) is 3.89. The molecule has 0 aromatic carbocycles. The molecule has 5 nitrogen and oxygen atoms in total. The van der Waals surface area contributed by atoms with Gasteiger partial charge in [-0.3, -0.25) is 9.20 Å². The first-order valence-corrected chi connectivity index (χ1v) is 9.39. The lowest BCUT2D eigenvalue weighted by molar-refractivity contribution is 0.544. The van der Waals surface area contributed by atoms with E-state index in [1.54, 1.807) is 11.6 Å². The summed E-state index contributed by atoms with van der Waals surface area (Å²) >= 11 is 0. The fourth-order valence-electron chi connectivity index (χ4n) is 4.13. The molecule has 0 unspecified atom stereocenters. The number of imidazole rings is 1. The zero-order chi connectivity index (χ0) is 18.3. The van der Waals surface area contributed by atoms with Gasteiger partial charge in [0.05, 0.1) is 6.20 Å². The van der Waals surface area contributed by atoms with Crippen LogP contribution in [0.2, 0.25) is 0 Å². The summed E-state index contributed by atoms with van der Waals surface area (Å²) in [5, 5.41) is 0. The number of hydrogen-bond acceptors (Lipinski definition) is 3. The zero-order valence-corrected chi connectivity index (χ0v) is 15.8. The molecule has 136 valence electrons. The van der Waals surface area contributed by atoms with Crippen molar-refractivity contribution in [3.8, 4) is 11.1 Å². The average molecular weight is 350 g/mol. The van der Waals surface area contributed by atoms with E-state index in [1.807, 2.05) is 31.5 Å². The number of aromatic nitrogens is 3. The van der Waals surface area contributed by atoms with Crippen molar-refractivity contribution in [2.75, 3.05) is 18.5 Å². The molecular weight excluding hydrogens is 324 g/mol. The van der Waals surface area contributed by atoms with Crippen molar-refractivity contribution >= 4 is 11.5 Å². The van der Waals surface area contributed by atoms with Crippen LogP contribution in [0, 0.1) is 12.8 Å². The smallest absolute Gasteiger partial charge is 0.253 e. The van der Waals surface area contributed by atoms with Gasteiger partial charge in [-0.2, -0.15) is 0 Å². The SMILES string of the molecule is Cc1cc(-c2ccc3ncc(N(C)CC4CCCC4)n3c2)cn(C)c1=O. The first-order chi connectivity index (χ1) is 12.5. The van der Waals surface area contributed by atoms with Crippen LogP contribution in [0.25, 0.3) is 16.8 Å². The van der Waals surface area contributed by atoms with E-state index in [0.717, 1.165) is 40.6 Å². The fourth-order valence-corrected chi connectivity index (χ4v) is 4.13. The molecule has 3 aromatic heterocycles. The van der Waals surface area contributed by atoms with E-state index in [2.05, 4.69) is 33.6 Å². The third-order valence-corrected chi connectivity index (χ3v) is 5.58. The lowest BCUT2D eigenvalue weighted by atomic mass is 10.1. The predicted molar refractivity (Wildman–Crippen MR) is 106 cm³/mol. The van der Waals surface area contributed by atoms with E-state index in [-0.39, 0.29) is 5.56 Å². The normalized spacial score (nSPS) is 15.0. The molecule has 3 heterocycles. The third-order valence-electron chi connectivity index (χ3n) is 5.58. The minimum Gasteiger partial charge on any atom is -0.359 e. The van der Waals surface area contributed by atoms with Crippen molar-refractivity contribution in [2.45, 2.75) is 32.6 Å². The van der Waals surface area contributed by atoms with Gasteiger partial charge < -0.3 is 9.47 Å². The monoisotopic (exact) mass is 350 g/mol. The summed E-state index contributed by atoms with van der Waals surface area (Å²) < 4.78 is 3.81. The van der Waals surface area contributed by atoms with Crippen LogP contribution in [-0.2, 0) is 7.05 Å². The molecule has 0 radical (unpaired) electrons. The highest BCUT2D eigenvalue weighted by Crippen LogP contribution is 2.28. The highest BCUT2D eigenvalue weighted by Gasteiger charge is 2.18. The van der Waals surface area contributed by atoms with Crippen LogP contribution >= 0.6 is 0 Å². The van der Waals surface area contributed by atoms with Crippen molar-refractivity contribution in [1.29, 1.82) is 0 Å². The maximum absolute atomic E-state index is 12.0. The number of pyridine rings is 2. The Kier molecular flexibility index (Phi) is 4.31. The Labute approximate surface area is 153 Å². The second-order valence-electron chi connectivity index (χ2n) is 7.62. The molecule has 3 aromatic rings. The van der Waals surface area contributed by atoms with Crippen molar-refractivity contribution in [3.63, 3.8) is 0 Å². The van der Waals surface area contributed by atoms with Gasteiger partial charge in [0.2, 0.25) is 0 Å². The third kappa shape index (κ3) is 3.02. The number of fused-ring (bicyclic) bond motifs is 1. The Balaban J connectivity index is 1.71. The van der Waals surface area contributed by atoms with Gasteiger partial charge in [-0.1, -0.05) is 12.8 Å². The highest BCUT2D eigenvalue weighted by molar-refractivity contribution is 5.66. The summed E-state index contributed by atoms with van der Waals surface area (Å²) in [6.45, 7) is 2.94. The molecule has 5 heteroatoms. The zero-order valence-electron chi connectivity index (χ0n) is 15.8. The topological polar surface area (TPSA) is 42.5 Å². The summed E-state index contributed by atoms with van der Waals surface area (Å²) in [6.07, 6.45) is 11.4. The molecule has 1 fully saturated rings. The molecule has 0 spiro atoms. The number of rotatable bonds is 4. The van der Waals surface area contributed by atoms with Crippen LogP contribution in [0.5, 0.6) is 0 Å². The predicted octanol–water partition coefficient (Wildman–Crippen LogP) is 3.63. The van der Waals surface area contributed by atoms with Gasteiger partial charge >= 0.3 is 0 Å². The van der Waals surface area contributed by atoms with Gasteiger partial charge in [-0.15, -0.1) is 0 Å². The van der Waals surface area contributed by atoms with Crippen LogP contribution in [0.3, 0.4) is 0 Å². The van der Waals surface area contributed by atoms with Gasteiger partial charge in [0.1, 0.15) is 11.5 Å². The minimum absolute atomic E-state index is 0.0504. The van der Waals surface area contributed by atoms with E-state index >= 15 is 0 Å². The van der Waals surface area contributed by atoms with Crippen LogP contribution in [0.15, 0.2) is 41.6 Å². The maximum atomic E-state index is 12.0. The first kappa shape index (κ1) is 16.9. The van der Waals surface area contributed by atoms with Gasteiger partial charge in [0.15, 0.2) is 0 Å². The number of aryl methyl sites for hydroxylation is 2. The van der Waals surface area contributed by atoms with E-state index < -0.39 is 0 Å². The molecule has 0 bridgehead atoms. The van der Waals surface area contributed by atoms with E-state index in [0.29, 0.717) is 0 Å². The molecule has 0 atom stereocenters. The lowest BCUT2D eigenvalue weighted by Gasteiger charge is -2.22. The molecule has 1 saturated carbocycles. The highest BCUT2D eigenvalue weighted by atomic mass is 16.1. The second kappa shape index (κ2) is 6.63. The van der Waals surface area contributed by atoms with Crippen molar-refractivity contribution in [1.82, 2.24) is 14.0 Å². The Bertz CT molecular complexity index is 969. The van der Waals surface area contributed by atoms with Gasteiger partial charge in [-0.25, -0.2) is 4.98 Å². The minimum atomic E-state index is 0.0504. The van der Waals surface area contributed by atoms with Crippen molar-refractivity contribution in [2.24, 2.45) is 13.0 Å². The van der Waals surface area contributed by atoms with Crippen LogP contribution in [0.1, 0.15) is 31.2 Å². The van der Waals surface area contributed by atoms with Crippen molar-refractivity contribution < 1.29 is 0 Å². The van der Waals surface area contributed by atoms with Gasteiger partial charge in [0, 0.05) is 44.2 Å². The van der Waals surface area contributed by atoms with Gasteiger partial charge in [0.25, 0.3) is 5.56 Å². The summed E-state index contributed by atoms with van der Waals surface area (Å²) in [4.78, 5) is 18.9. The van der Waals surface area contributed by atoms with Crippen LogP contribution < -0.4 is 10.5 Å². The summed E-state index contributed by atoms with van der Waals surface area (Å²) in [5.74, 6) is 1.91. The largest absolute Gasteiger partial charge is 0.359 e. The molecule has 1 aliphatic rings. The Hall–Kier alpha value is -2.56. The Morgan fingerprint density at radius 1 is 1.19 bits per heavy atom. The van der Waals surface area contributed by atoms with Gasteiger partial charge in [-0.05, 0) is 49.4 Å². The Morgan fingerprint density at radius 3 is 2.69 bits per heavy atom. The number of hydrogen-bond donors (Lipinski definition) is 0. The lowest BCUT2D eigenvalue weighted by Crippen LogP contribution is -2.25. The average Bonchev–Trinajstić information content (AvgIpc) is 3.27. The molecule has 0 N–H and O–H groups in total. The van der Waals surface area contributed by atoms with Crippen LogP contribution in [-0.4, -0.2) is 27.5 Å². The second-order valence-corrected chi connectivity index (χ2v) is 7.62. The van der Waals surface area contributed by atoms with E-state index in [4.69, 9.17) is 0 Å². The molecule has 1 aliphatic carbocycles. The van der Waals surface area contributed by atoms with Crippen molar-refractivity contribution in [3.05, 3.63) is 52.7 Å². The van der Waals surface area contributed by atoms with E-state index in [9.17, 15) is 4.79 Å². The van der Waals surface area contributed by atoms with E-state index in [1.165, 1.54) is 25.7 Å². The summed E-state index contributed by atoms with van der Waals surface area (Å²) in [6, 6.07) is 6.08. The first-order valence-electron chi connectivity index (χ1n) is 9.39. The quantitative estimate of drug-likeness (QED) is 0.721. The molecule has 0 saturated heterocycles. The summed E-state index contributed by atoms with van der Waals surface area (Å²) in [7, 11) is 3.96. The molecule has 4 rings (SSSR count). The number of anilines is 1. The fraction of sp³-hybridized carbons (Fsp3) is 0.429. The number of nitrogens with zero attached hydrogens (tertiary/aromatic N) is 4. The standard InChI is InChI=1S/C21H26N4O/c1-15-10-18(13-24(3)21(15)26)17-8-9-19-22-11-20(25(19)14-17)23(2)12-16-6-4-5-7-16/h8-11,13-14,16H,4-7,12H2,1-3H3. The molecule has 26 heavy (non-hydrogen) atoms. The molecule has 0 aliphatic heterocycles. The maximum Gasteiger partial charge on any atom is 0.253 e. The van der Waals surface area contributed by atoms with Crippen LogP contribution in [0.4, 0.5) is 5.82 Å².